The smallest absolute Gasteiger partial charge is 0.457 e. The number of hydrogen-bond donors (Lipinski definition) is 1. The van der Waals surface area contributed by atoms with Crippen LogP contribution in [-0.2, 0) is 6.54 Å². The molecular formula is C20H16F3NO2. The van der Waals surface area contributed by atoms with Gasteiger partial charge in [-0.1, -0.05) is 42.5 Å². The molecule has 0 aliphatic carbocycles. The van der Waals surface area contributed by atoms with Gasteiger partial charge in [0.25, 0.3) is 0 Å². The van der Waals surface area contributed by atoms with E-state index in [1.807, 2.05) is 36.4 Å². The number of alkyl halides is 3. The molecule has 0 saturated carbocycles. The van der Waals surface area contributed by atoms with Gasteiger partial charge >= 0.3 is 6.36 Å². The summed E-state index contributed by atoms with van der Waals surface area (Å²) in [6.07, 6.45) is -4.72. The van der Waals surface area contributed by atoms with Crippen molar-refractivity contribution >= 4 is 5.69 Å². The monoisotopic (exact) mass is 359 g/mol. The predicted molar refractivity (Wildman–Crippen MR) is 93.4 cm³/mol. The van der Waals surface area contributed by atoms with Crippen LogP contribution >= 0.6 is 0 Å². The first-order chi connectivity index (χ1) is 12.5. The molecule has 3 aromatic rings. The van der Waals surface area contributed by atoms with Crippen LogP contribution in [0.25, 0.3) is 0 Å². The summed E-state index contributed by atoms with van der Waals surface area (Å²) in [5, 5.41) is 3.09. The van der Waals surface area contributed by atoms with Crippen molar-refractivity contribution in [3.63, 3.8) is 0 Å². The third kappa shape index (κ3) is 5.17. The van der Waals surface area contributed by atoms with E-state index in [0.29, 0.717) is 17.1 Å². The Labute approximate surface area is 149 Å². The highest BCUT2D eigenvalue weighted by Gasteiger charge is 2.31. The summed E-state index contributed by atoms with van der Waals surface area (Å²) < 4.78 is 47.3. The Bertz CT molecular complexity index is 851. The zero-order valence-corrected chi connectivity index (χ0v) is 13.7. The van der Waals surface area contributed by atoms with Crippen molar-refractivity contribution < 1.29 is 22.6 Å². The quantitative estimate of drug-likeness (QED) is 0.586. The zero-order chi connectivity index (χ0) is 18.4. The summed E-state index contributed by atoms with van der Waals surface area (Å²) >= 11 is 0. The van der Waals surface area contributed by atoms with Crippen molar-refractivity contribution in [3.05, 3.63) is 84.4 Å². The van der Waals surface area contributed by atoms with E-state index in [1.165, 1.54) is 12.1 Å². The molecule has 0 amide bonds. The number of hydrogen-bond acceptors (Lipinski definition) is 3. The lowest BCUT2D eigenvalue weighted by molar-refractivity contribution is -0.274. The van der Waals surface area contributed by atoms with Gasteiger partial charge in [0.1, 0.15) is 17.2 Å². The van der Waals surface area contributed by atoms with Gasteiger partial charge in [-0.2, -0.15) is 0 Å². The SMILES string of the molecule is FC(F)(F)Oc1ccccc1CNc1cccc(Oc2ccccc2)c1. The van der Waals surface area contributed by atoms with Crippen molar-refractivity contribution in [3.8, 4) is 17.2 Å². The van der Waals surface area contributed by atoms with Crippen molar-refractivity contribution in [2.24, 2.45) is 0 Å². The fraction of sp³-hybridized carbons (Fsp3) is 0.100. The molecule has 3 nitrogen and oxygen atoms in total. The first kappa shape index (κ1) is 17.7. The third-order valence-corrected chi connectivity index (χ3v) is 3.49. The highest BCUT2D eigenvalue weighted by atomic mass is 19.4. The third-order valence-electron chi connectivity index (χ3n) is 3.49. The van der Waals surface area contributed by atoms with Gasteiger partial charge in [-0.15, -0.1) is 13.2 Å². The number of rotatable bonds is 6. The molecule has 1 N–H and O–H groups in total. The average molecular weight is 359 g/mol. The summed E-state index contributed by atoms with van der Waals surface area (Å²) in [7, 11) is 0. The Morgan fingerprint density at radius 2 is 1.46 bits per heavy atom. The molecule has 6 heteroatoms. The Morgan fingerprint density at radius 1 is 0.769 bits per heavy atom. The van der Waals surface area contributed by atoms with Crippen molar-refractivity contribution in [2.75, 3.05) is 5.32 Å². The number of anilines is 1. The van der Waals surface area contributed by atoms with Crippen molar-refractivity contribution in [1.82, 2.24) is 0 Å². The van der Waals surface area contributed by atoms with E-state index in [1.54, 1.807) is 30.3 Å². The average Bonchev–Trinajstić information content (AvgIpc) is 2.61. The maximum absolute atomic E-state index is 12.5. The van der Waals surface area contributed by atoms with E-state index in [4.69, 9.17) is 4.74 Å². The molecule has 0 radical (unpaired) electrons. The predicted octanol–water partition coefficient (Wildman–Crippen LogP) is 5.99. The standard InChI is InChI=1S/C20H16F3NO2/c21-20(22,23)26-19-12-5-4-7-15(19)14-24-16-8-6-11-18(13-16)25-17-9-2-1-3-10-17/h1-13,24H,14H2. The molecular weight excluding hydrogens is 343 g/mol. The molecule has 0 saturated heterocycles. The van der Waals surface area contributed by atoms with Gasteiger partial charge in [0.2, 0.25) is 0 Å². The summed E-state index contributed by atoms with van der Waals surface area (Å²) in [5.41, 5.74) is 1.12. The fourth-order valence-corrected chi connectivity index (χ4v) is 2.37. The summed E-state index contributed by atoms with van der Waals surface area (Å²) in [6, 6.07) is 22.5. The van der Waals surface area contributed by atoms with Gasteiger partial charge in [0, 0.05) is 23.9 Å². The van der Waals surface area contributed by atoms with Gasteiger partial charge in [-0.25, -0.2) is 0 Å². The van der Waals surface area contributed by atoms with Crippen LogP contribution in [-0.4, -0.2) is 6.36 Å². The molecule has 0 fully saturated rings. The summed E-state index contributed by atoms with van der Waals surface area (Å²) in [6.45, 7) is 0.182. The highest BCUT2D eigenvalue weighted by molar-refractivity contribution is 5.50. The maximum Gasteiger partial charge on any atom is 0.573 e. The first-order valence-corrected chi connectivity index (χ1v) is 7.90. The minimum absolute atomic E-state index is 0.182. The summed E-state index contributed by atoms with van der Waals surface area (Å²) in [5.74, 6) is 1.11. The van der Waals surface area contributed by atoms with Gasteiger partial charge in [0.15, 0.2) is 0 Å². The second-order valence-electron chi connectivity index (χ2n) is 5.45. The van der Waals surface area contributed by atoms with E-state index in [9.17, 15) is 13.2 Å². The number of nitrogens with one attached hydrogen (secondary N) is 1. The van der Waals surface area contributed by atoms with Crippen LogP contribution in [0.5, 0.6) is 17.2 Å². The largest absolute Gasteiger partial charge is 0.573 e. The number of para-hydroxylation sites is 2. The Morgan fingerprint density at radius 3 is 2.23 bits per heavy atom. The molecule has 26 heavy (non-hydrogen) atoms. The van der Waals surface area contributed by atoms with Crippen molar-refractivity contribution in [1.29, 1.82) is 0 Å². The van der Waals surface area contributed by atoms with E-state index >= 15 is 0 Å². The van der Waals surface area contributed by atoms with Crippen LogP contribution in [0.4, 0.5) is 18.9 Å². The number of halogens is 3. The lowest BCUT2D eigenvalue weighted by Crippen LogP contribution is -2.18. The van der Waals surface area contributed by atoms with Crippen molar-refractivity contribution in [2.45, 2.75) is 12.9 Å². The van der Waals surface area contributed by atoms with Crippen LogP contribution in [0, 0.1) is 0 Å². The van der Waals surface area contributed by atoms with Crippen LogP contribution < -0.4 is 14.8 Å². The molecule has 0 heterocycles. The summed E-state index contributed by atoms with van der Waals surface area (Å²) in [4.78, 5) is 0. The van der Waals surface area contributed by atoms with Crippen LogP contribution in [0.2, 0.25) is 0 Å². The normalized spacial score (nSPS) is 11.0. The van der Waals surface area contributed by atoms with E-state index in [2.05, 4.69) is 10.1 Å². The first-order valence-electron chi connectivity index (χ1n) is 7.90. The molecule has 0 aliphatic heterocycles. The van der Waals surface area contributed by atoms with Gasteiger partial charge in [0.05, 0.1) is 0 Å². The second kappa shape index (κ2) is 7.82. The van der Waals surface area contributed by atoms with Crippen LogP contribution in [0.1, 0.15) is 5.56 Å². The second-order valence-corrected chi connectivity index (χ2v) is 5.45. The molecule has 0 unspecified atom stereocenters. The molecule has 3 aromatic carbocycles. The van der Waals surface area contributed by atoms with Crippen LogP contribution in [0.15, 0.2) is 78.9 Å². The Hall–Kier alpha value is -3.15. The lowest BCUT2D eigenvalue weighted by atomic mass is 10.2. The van der Waals surface area contributed by atoms with Gasteiger partial charge in [-0.05, 0) is 30.3 Å². The topological polar surface area (TPSA) is 30.5 Å². The Kier molecular flexibility index (Phi) is 5.31. The minimum atomic E-state index is -4.72. The van der Waals surface area contributed by atoms with Gasteiger partial charge < -0.3 is 14.8 Å². The van der Waals surface area contributed by atoms with Crippen LogP contribution in [0.3, 0.4) is 0 Å². The lowest BCUT2D eigenvalue weighted by Gasteiger charge is -2.14. The highest BCUT2D eigenvalue weighted by Crippen LogP contribution is 2.28. The van der Waals surface area contributed by atoms with E-state index in [0.717, 1.165) is 5.69 Å². The number of benzene rings is 3. The fourth-order valence-electron chi connectivity index (χ4n) is 2.37. The Balaban J connectivity index is 1.68. The zero-order valence-electron chi connectivity index (χ0n) is 13.7. The molecule has 0 aromatic heterocycles. The minimum Gasteiger partial charge on any atom is -0.457 e. The molecule has 0 atom stereocenters. The number of ether oxygens (including phenoxy) is 2. The molecule has 3 rings (SSSR count). The molecule has 0 spiro atoms. The molecule has 134 valence electrons. The van der Waals surface area contributed by atoms with Gasteiger partial charge in [-0.3, -0.25) is 0 Å². The molecule has 0 aliphatic rings. The van der Waals surface area contributed by atoms with E-state index < -0.39 is 6.36 Å². The van der Waals surface area contributed by atoms with E-state index in [-0.39, 0.29) is 12.3 Å². The maximum atomic E-state index is 12.5. The molecule has 0 bridgehead atoms.